The molecular formula is C20H15F4N5O2. The number of carbonyl (C=O) groups excluding carboxylic acids is 2. The van der Waals surface area contributed by atoms with Crippen LogP contribution in [0.1, 0.15) is 39.4 Å². The van der Waals surface area contributed by atoms with Crippen molar-refractivity contribution < 1.29 is 27.2 Å². The highest BCUT2D eigenvalue weighted by atomic mass is 19.4. The van der Waals surface area contributed by atoms with Gasteiger partial charge in [0.25, 0.3) is 11.8 Å². The Hall–Kier alpha value is -3.76. The molecule has 1 saturated carbocycles. The van der Waals surface area contributed by atoms with E-state index in [-0.39, 0.29) is 23.3 Å². The summed E-state index contributed by atoms with van der Waals surface area (Å²) in [7, 11) is 0. The zero-order chi connectivity index (χ0) is 22.2. The lowest BCUT2D eigenvalue weighted by Gasteiger charge is -2.11. The zero-order valence-corrected chi connectivity index (χ0v) is 15.8. The largest absolute Gasteiger partial charge is 0.435 e. The molecule has 2 N–H and O–H groups in total. The van der Waals surface area contributed by atoms with Crippen LogP contribution in [0.4, 0.5) is 23.2 Å². The summed E-state index contributed by atoms with van der Waals surface area (Å²) in [5, 5.41) is 11.9. The molecule has 2 aromatic carbocycles. The maximum Gasteiger partial charge on any atom is 0.435 e. The Kier molecular flexibility index (Phi) is 5.17. The molecule has 1 heterocycles. The zero-order valence-electron chi connectivity index (χ0n) is 15.8. The summed E-state index contributed by atoms with van der Waals surface area (Å²) < 4.78 is 54.5. The summed E-state index contributed by atoms with van der Waals surface area (Å²) in [6.07, 6.45) is -3.09. The van der Waals surface area contributed by atoms with E-state index in [2.05, 4.69) is 20.9 Å². The maximum atomic E-state index is 13.7. The fraction of sp³-hybridized carbons (Fsp3) is 0.200. The average molecular weight is 433 g/mol. The van der Waals surface area contributed by atoms with Crippen LogP contribution in [0.5, 0.6) is 0 Å². The fourth-order valence-corrected chi connectivity index (χ4v) is 2.84. The lowest BCUT2D eigenvalue weighted by Crippen LogP contribution is -2.25. The Morgan fingerprint density at radius 1 is 0.968 bits per heavy atom. The molecule has 0 atom stereocenters. The molecule has 1 aromatic heterocycles. The third-order valence-electron chi connectivity index (χ3n) is 4.54. The summed E-state index contributed by atoms with van der Waals surface area (Å²) in [5.41, 5.74) is -1.89. The molecule has 0 bridgehead atoms. The smallest absolute Gasteiger partial charge is 0.349 e. The average Bonchev–Trinajstić information content (AvgIpc) is 3.41. The number of amides is 2. The Labute approximate surface area is 173 Å². The minimum Gasteiger partial charge on any atom is -0.349 e. The summed E-state index contributed by atoms with van der Waals surface area (Å²) in [6, 6.07) is 10.0. The van der Waals surface area contributed by atoms with Gasteiger partial charge in [0, 0.05) is 17.3 Å². The number of nitrogens with zero attached hydrogens (tertiary/aromatic N) is 3. The first kappa shape index (κ1) is 20.5. The lowest BCUT2D eigenvalue weighted by molar-refractivity contribution is -0.143. The molecule has 11 heteroatoms. The highest BCUT2D eigenvalue weighted by Crippen LogP contribution is 2.33. The van der Waals surface area contributed by atoms with E-state index in [1.807, 2.05) is 0 Å². The topological polar surface area (TPSA) is 88.9 Å². The molecule has 3 aromatic rings. The Morgan fingerprint density at radius 2 is 1.61 bits per heavy atom. The second kappa shape index (κ2) is 7.82. The van der Waals surface area contributed by atoms with Gasteiger partial charge in [0.15, 0.2) is 11.4 Å². The van der Waals surface area contributed by atoms with E-state index in [0.29, 0.717) is 10.2 Å². The van der Waals surface area contributed by atoms with E-state index >= 15 is 0 Å². The molecule has 31 heavy (non-hydrogen) atoms. The van der Waals surface area contributed by atoms with Gasteiger partial charge in [-0.25, -0.2) is 9.07 Å². The second-order valence-corrected chi connectivity index (χ2v) is 6.95. The molecule has 0 saturated heterocycles. The van der Waals surface area contributed by atoms with Crippen LogP contribution in [-0.2, 0) is 6.18 Å². The van der Waals surface area contributed by atoms with E-state index in [9.17, 15) is 27.2 Å². The predicted molar refractivity (Wildman–Crippen MR) is 101 cm³/mol. The first-order valence-corrected chi connectivity index (χ1v) is 9.23. The van der Waals surface area contributed by atoms with E-state index in [0.717, 1.165) is 37.1 Å². The summed E-state index contributed by atoms with van der Waals surface area (Å²) in [5.74, 6) is -2.03. The molecular weight excluding hydrogens is 418 g/mol. The third-order valence-corrected chi connectivity index (χ3v) is 4.54. The van der Waals surface area contributed by atoms with Crippen LogP contribution in [0.3, 0.4) is 0 Å². The highest BCUT2D eigenvalue weighted by Gasteiger charge is 2.42. The van der Waals surface area contributed by atoms with Crippen LogP contribution < -0.4 is 10.6 Å². The Balaban J connectivity index is 1.56. The van der Waals surface area contributed by atoms with Gasteiger partial charge in [-0.3, -0.25) is 9.59 Å². The van der Waals surface area contributed by atoms with Crippen LogP contribution in [-0.4, -0.2) is 32.9 Å². The van der Waals surface area contributed by atoms with Crippen molar-refractivity contribution in [2.75, 3.05) is 5.32 Å². The molecule has 2 amide bonds. The predicted octanol–water partition coefficient (Wildman–Crippen LogP) is 3.57. The van der Waals surface area contributed by atoms with Crippen molar-refractivity contribution in [2.24, 2.45) is 0 Å². The quantitative estimate of drug-likeness (QED) is 0.602. The van der Waals surface area contributed by atoms with Crippen molar-refractivity contribution in [2.45, 2.75) is 25.1 Å². The molecule has 1 aliphatic rings. The number of carbonyl (C=O) groups is 2. The van der Waals surface area contributed by atoms with E-state index in [4.69, 9.17) is 0 Å². The summed E-state index contributed by atoms with van der Waals surface area (Å²) in [4.78, 5) is 24.5. The molecule has 160 valence electrons. The minimum atomic E-state index is -4.95. The van der Waals surface area contributed by atoms with Crippen LogP contribution >= 0.6 is 0 Å². The van der Waals surface area contributed by atoms with Gasteiger partial charge in [-0.1, -0.05) is 5.21 Å². The Bertz CT molecular complexity index is 1120. The van der Waals surface area contributed by atoms with Crippen LogP contribution in [0, 0.1) is 5.82 Å². The van der Waals surface area contributed by atoms with Crippen molar-refractivity contribution in [3.63, 3.8) is 0 Å². The molecule has 4 rings (SSSR count). The molecule has 1 aliphatic carbocycles. The third kappa shape index (κ3) is 4.55. The van der Waals surface area contributed by atoms with Crippen LogP contribution in [0.2, 0.25) is 0 Å². The van der Waals surface area contributed by atoms with Gasteiger partial charge < -0.3 is 10.6 Å². The Morgan fingerprint density at radius 3 is 2.19 bits per heavy atom. The normalized spacial score (nSPS) is 13.7. The SMILES string of the molecule is O=C(NC1CC1)c1ccc(NC(=O)c2nnn(-c3ccc(F)cc3)c2C(F)(F)F)cc1. The summed E-state index contributed by atoms with van der Waals surface area (Å²) >= 11 is 0. The minimum absolute atomic E-state index is 0.105. The van der Waals surface area contributed by atoms with Crippen molar-refractivity contribution in [3.8, 4) is 5.69 Å². The van der Waals surface area contributed by atoms with Crippen LogP contribution in [0.15, 0.2) is 48.5 Å². The number of hydrogen-bond donors (Lipinski definition) is 2. The van der Waals surface area contributed by atoms with Gasteiger partial charge in [-0.2, -0.15) is 13.2 Å². The number of anilines is 1. The van der Waals surface area contributed by atoms with E-state index < -0.39 is 29.3 Å². The van der Waals surface area contributed by atoms with Gasteiger partial charge in [-0.05, 0) is 61.4 Å². The summed E-state index contributed by atoms with van der Waals surface area (Å²) in [6.45, 7) is 0. The molecule has 0 aliphatic heterocycles. The lowest BCUT2D eigenvalue weighted by atomic mass is 10.2. The van der Waals surface area contributed by atoms with Gasteiger partial charge in [0.2, 0.25) is 0 Å². The number of aromatic nitrogens is 3. The van der Waals surface area contributed by atoms with Crippen molar-refractivity contribution in [3.05, 3.63) is 71.3 Å². The number of rotatable bonds is 5. The maximum absolute atomic E-state index is 13.7. The number of nitrogens with one attached hydrogen (secondary N) is 2. The standard InChI is InChI=1S/C20H15F4N5O2/c21-12-3-9-15(10-4-12)29-17(20(22,23)24)16(27-28-29)19(31)26-13-5-1-11(2-6-13)18(30)25-14-7-8-14/h1-6,9-10,14H,7-8H2,(H,25,30)(H,26,31). The van der Waals surface area contributed by atoms with Gasteiger partial charge in [-0.15, -0.1) is 5.10 Å². The molecule has 0 spiro atoms. The van der Waals surface area contributed by atoms with Crippen molar-refractivity contribution >= 4 is 17.5 Å². The molecule has 1 fully saturated rings. The van der Waals surface area contributed by atoms with E-state index in [1.165, 1.54) is 24.3 Å². The van der Waals surface area contributed by atoms with Gasteiger partial charge in [0.1, 0.15) is 5.82 Å². The number of alkyl halides is 3. The molecule has 0 radical (unpaired) electrons. The van der Waals surface area contributed by atoms with Gasteiger partial charge in [0.05, 0.1) is 5.69 Å². The monoisotopic (exact) mass is 433 g/mol. The van der Waals surface area contributed by atoms with E-state index in [1.54, 1.807) is 0 Å². The number of halogens is 4. The number of benzene rings is 2. The number of hydrogen-bond acceptors (Lipinski definition) is 4. The van der Waals surface area contributed by atoms with Gasteiger partial charge >= 0.3 is 6.18 Å². The molecule has 0 unspecified atom stereocenters. The van der Waals surface area contributed by atoms with Crippen molar-refractivity contribution in [1.29, 1.82) is 0 Å². The van der Waals surface area contributed by atoms with Crippen LogP contribution in [0.25, 0.3) is 5.69 Å². The fourth-order valence-electron chi connectivity index (χ4n) is 2.84. The first-order valence-electron chi connectivity index (χ1n) is 9.23. The second-order valence-electron chi connectivity index (χ2n) is 6.95. The highest BCUT2D eigenvalue weighted by molar-refractivity contribution is 6.04. The van der Waals surface area contributed by atoms with Crippen molar-refractivity contribution in [1.82, 2.24) is 20.3 Å². The first-order chi connectivity index (χ1) is 14.7. The molecule has 7 nitrogen and oxygen atoms in total.